The number of amides is 1. The van der Waals surface area contributed by atoms with Gasteiger partial charge in [-0.3, -0.25) is 9.69 Å². The molecule has 0 aromatic heterocycles. The van der Waals surface area contributed by atoms with Crippen molar-refractivity contribution in [3.63, 3.8) is 0 Å². The van der Waals surface area contributed by atoms with Crippen molar-refractivity contribution in [3.8, 4) is 17.2 Å². The number of nitrogens with zero attached hydrogens (tertiary/aromatic N) is 1. The molecule has 28 heavy (non-hydrogen) atoms. The molecule has 0 bridgehead atoms. The van der Waals surface area contributed by atoms with Gasteiger partial charge in [0, 0.05) is 0 Å². The SMILES string of the molecule is C=CCOc1ccc(C=C2SC(=S)N(c3ccc(OC)cc3)C2=O)cc1OC. The molecule has 3 rings (SSSR count). The minimum Gasteiger partial charge on any atom is -0.497 e. The highest BCUT2D eigenvalue weighted by Crippen LogP contribution is 2.37. The van der Waals surface area contributed by atoms with Gasteiger partial charge < -0.3 is 14.2 Å². The number of hydrogen-bond donors (Lipinski definition) is 0. The minimum absolute atomic E-state index is 0.161. The van der Waals surface area contributed by atoms with Crippen LogP contribution in [-0.4, -0.2) is 31.1 Å². The van der Waals surface area contributed by atoms with E-state index >= 15 is 0 Å². The molecule has 1 amide bonds. The Labute approximate surface area is 173 Å². The topological polar surface area (TPSA) is 48.0 Å². The van der Waals surface area contributed by atoms with Gasteiger partial charge in [-0.2, -0.15) is 0 Å². The molecule has 0 N–H and O–H groups in total. The molecule has 0 saturated carbocycles. The highest BCUT2D eigenvalue weighted by molar-refractivity contribution is 8.27. The molecular weight excluding hydrogens is 394 g/mol. The fraction of sp³-hybridized carbons (Fsp3) is 0.143. The van der Waals surface area contributed by atoms with Gasteiger partial charge in [-0.15, -0.1) is 0 Å². The van der Waals surface area contributed by atoms with Gasteiger partial charge in [0.25, 0.3) is 5.91 Å². The van der Waals surface area contributed by atoms with Crippen LogP contribution in [0.5, 0.6) is 17.2 Å². The average molecular weight is 414 g/mol. The van der Waals surface area contributed by atoms with Crippen LogP contribution in [0.2, 0.25) is 0 Å². The highest BCUT2D eigenvalue weighted by Gasteiger charge is 2.33. The van der Waals surface area contributed by atoms with E-state index in [-0.39, 0.29) is 5.91 Å². The van der Waals surface area contributed by atoms with Crippen LogP contribution in [0.3, 0.4) is 0 Å². The molecule has 0 radical (unpaired) electrons. The first kappa shape index (κ1) is 20.0. The summed E-state index contributed by atoms with van der Waals surface area (Å²) in [5.74, 6) is 1.76. The van der Waals surface area contributed by atoms with Crippen molar-refractivity contribution in [1.82, 2.24) is 0 Å². The van der Waals surface area contributed by atoms with Gasteiger partial charge in [-0.25, -0.2) is 0 Å². The van der Waals surface area contributed by atoms with Crippen LogP contribution < -0.4 is 19.1 Å². The average Bonchev–Trinajstić information content (AvgIpc) is 3.00. The highest BCUT2D eigenvalue weighted by atomic mass is 32.2. The van der Waals surface area contributed by atoms with Crippen LogP contribution in [0.4, 0.5) is 5.69 Å². The third-order valence-corrected chi connectivity index (χ3v) is 5.27. The summed E-state index contributed by atoms with van der Waals surface area (Å²) in [5.41, 5.74) is 1.52. The van der Waals surface area contributed by atoms with E-state index < -0.39 is 0 Å². The maximum absolute atomic E-state index is 12.9. The first-order chi connectivity index (χ1) is 13.6. The fourth-order valence-corrected chi connectivity index (χ4v) is 3.91. The number of ether oxygens (including phenoxy) is 3. The molecule has 2 aromatic carbocycles. The summed E-state index contributed by atoms with van der Waals surface area (Å²) in [6, 6.07) is 12.7. The fourth-order valence-electron chi connectivity index (χ4n) is 2.61. The van der Waals surface area contributed by atoms with Gasteiger partial charge in [-0.1, -0.05) is 42.7 Å². The Morgan fingerprint density at radius 3 is 2.50 bits per heavy atom. The van der Waals surface area contributed by atoms with E-state index in [0.717, 1.165) is 11.3 Å². The second kappa shape index (κ2) is 8.95. The van der Waals surface area contributed by atoms with Gasteiger partial charge >= 0.3 is 0 Å². The van der Waals surface area contributed by atoms with Crippen LogP contribution >= 0.6 is 24.0 Å². The normalized spacial score (nSPS) is 15.1. The van der Waals surface area contributed by atoms with Gasteiger partial charge in [0.15, 0.2) is 15.8 Å². The van der Waals surface area contributed by atoms with E-state index in [1.165, 1.54) is 16.7 Å². The van der Waals surface area contributed by atoms with Gasteiger partial charge in [0.2, 0.25) is 0 Å². The molecule has 5 nitrogen and oxygen atoms in total. The summed E-state index contributed by atoms with van der Waals surface area (Å²) in [6.07, 6.45) is 3.46. The predicted octanol–water partition coefficient (Wildman–Crippen LogP) is 4.67. The molecule has 0 spiro atoms. The molecule has 1 fully saturated rings. The second-order valence-electron chi connectivity index (χ2n) is 5.73. The number of thiocarbonyl (C=S) groups is 1. The van der Waals surface area contributed by atoms with Crippen LogP contribution in [0.25, 0.3) is 6.08 Å². The van der Waals surface area contributed by atoms with Crippen LogP contribution in [0.15, 0.2) is 60.0 Å². The quantitative estimate of drug-likeness (QED) is 0.373. The van der Waals surface area contributed by atoms with Crippen molar-refractivity contribution in [1.29, 1.82) is 0 Å². The number of anilines is 1. The molecule has 0 aliphatic carbocycles. The molecule has 0 unspecified atom stereocenters. The Bertz CT molecular complexity index is 938. The zero-order chi connectivity index (χ0) is 20.1. The molecule has 144 valence electrons. The van der Waals surface area contributed by atoms with Gasteiger partial charge in [-0.05, 0) is 48.0 Å². The largest absolute Gasteiger partial charge is 0.497 e. The van der Waals surface area contributed by atoms with Gasteiger partial charge in [0.05, 0.1) is 24.8 Å². The third-order valence-electron chi connectivity index (χ3n) is 3.97. The minimum atomic E-state index is -0.161. The first-order valence-electron chi connectivity index (χ1n) is 8.41. The molecule has 1 saturated heterocycles. The Balaban J connectivity index is 1.85. The number of carbonyl (C=O) groups is 1. The number of carbonyl (C=O) groups excluding carboxylic acids is 1. The molecule has 2 aromatic rings. The lowest BCUT2D eigenvalue weighted by atomic mass is 10.2. The molecule has 7 heteroatoms. The van der Waals surface area contributed by atoms with Crippen molar-refractivity contribution >= 4 is 46.0 Å². The Kier molecular flexibility index (Phi) is 6.38. The summed E-state index contributed by atoms with van der Waals surface area (Å²) in [6.45, 7) is 4.02. The summed E-state index contributed by atoms with van der Waals surface area (Å²) < 4.78 is 16.6. The summed E-state index contributed by atoms with van der Waals surface area (Å²) in [4.78, 5) is 15.0. The van der Waals surface area contributed by atoms with Crippen molar-refractivity contribution in [2.45, 2.75) is 0 Å². The van der Waals surface area contributed by atoms with Crippen LogP contribution in [0, 0.1) is 0 Å². The lowest BCUT2D eigenvalue weighted by Gasteiger charge is -2.14. The third kappa shape index (κ3) is 4.21. The lowest BCUT2D eigenvalue weighted by molar-refractivity contribution is -0.113. The predicted molar refractivity (Wildman–Crippen MR) is 117 cm³/mol. The number of thioether (sulfide) groups is 1. The van der Waals surface area contributed by atoms with E-state index in [9.17, 15) is 4.79 Å². The Morgan fingerprint density at radius 2 is 1.86 bits per heavy atom. The van der Waals surface area contributed by atoms with Crippen molar-refractivity contribution in [2.75, 3.05) is 25.7 Å². The second-order valence-corrected chi connectivity index (χ2v) is 7.40. The monoisotopic (exact) mass is 413 g/mol. The van der Waals surface area contributed by atoms with Crippen LogP contribution in [0.1, 0.15) is 5.56 Å². The summed E-state index contributed by atoms with van der Waals surface area (Å²) >= 11 is 6.68. The van der Waals surface area contributed by atoms with E-state index in [1.54, 1.807) is 56.7 Å². The molecule has 1 heterocycles. The molecule has 1 aliphatic rings. The molecule has 1 aliphatic heterocycles. The van der Waals surface area contributed by atoms with Crippen molar-refractivity contribution in [2.24, 2.45) is 0 Å². The Hall–Kier alpha value is -2.77. The zero-order valence-electron chi connectivity index (χ0n) is 15.5. The maximum Gasteiger partial charge on any atom is 0.270 e. The van der Waals surface area contributed by atoms with E-state index in [0.29, 0.717) is 33.0 Å². The Morgan fingerprint density at radius 1 is 1.11 bits per heavy atom. The molecule has 0 atom stereocenters. The number of hydrogen-bond acceptors (Lipinski definition) is 6. The standard InChI is InChI=1S/C21H19NO4S2/c1-4-11-26-17-10-5-14(12-18(17)25-3)13-19-20(23)22(21(27)28-19)15-6-8-16(24-2)9-7-15/h4-10,12-13H,1,11H2,2-3H3. The number of benzene rings is 2. The van der Waals surface area contributed by atoms with Crippen molar-refractivity contribution in [3.05, 3.63) is 65.6 Å². The first-order valence-corrected chi connectivity index (χ1v) is 9.63. The lowest BCUT2D eigenvalue weighted by Crippen LogP contribution is -2.27. The van der Waals surface area contributed by atoms with E-state index in [4.69, 9.17) is 26.4 Å². The zero-order valence-corrected chi connectivity index (χ0v) is 17.1. The number of rotatable bonds is 7. The smallest absolute Gasteiger partial charge is 0.270 e. The van der Waals surface area contributed by atoms with Crippen molar-refractivity contribution < 1.29 is 19.0 Å². The summed E-state index contributed by atoms with van der Waals surface area (Å²) in [5, 5.41) is 0. The summed E-state index contributed by atoms with van der Waals surface area (Å²) in [7, 11) is 3.17. The van der Waals surface area contributed by atoms with E-state index in [1.807, 2.05) is 12.1 Å². The van der Waals surface area contributed by atoms with Crippen LogP contribution in [-0.2, 0) is 4.79 Å². The number of methoxy groups -OCH3 is 2. The van der Waals surface area contributed by atoms with E-state index in [2.05, 4.69) is 6.58 Å². The maximum atomic E-state index is 12.9. The molecular formula is C21H19NO4S2. The van der Waals surface area contributed by atoms with Gasteiger partial charge in [0.1, 0.15) is 12.4 Å².